The molecule has 2 aromatic rings. The second-order valence-electron chi connectivity index (χ2n) is 6.46. The summed E-state index contributed by atoms with van der Waals surface area (Å²) in [6, 6.07) is 10.9. The molecule has 1 aromatic heterocycles. The zero-order chi connectivity index (χ0) is 19.9. The van der Waals surface area contributed by atoms with Gasteiger partial charge in [0.25, 0.3) is 5.91 Å². The molecule has 1 N–H and O–H groups in total. The smallest absolute Gasteiger partial charge is 0.277 e. The van der Waals surface area contributed by atoms with Gasteiger partial charge in [-0.15, -0.1) is 0 Å². The molecule has 0 saturated carbocycles. The molecular weight excluding hydrogens is 354 g/mol. The fraction of sp³-hybridized carbons (Fsp3) is 0.409. The van der Waals surface area contributed by atoms with Crippen molar-refractivity contribution in [3.8, 4) is 11.5 Å². The second kappa shape index (κ2) is 13.3. The van der Waals surface area contributed by atoms with Gasteiger partial charge in [-0.1, -0.05) is 45.1 Å². The Morgan fingerprint density at radius 2 is 1.75 bits per heavy atom. The van der Waals surface area contributed by atoms with Gasteiger partial charge >= 0.3 is 0 Å². The summed E-state index contributed by atoms with van der Waals surface area (Å²) in [7, 11) is 0. The van der Waals surface area contributed by atoms with Crippen LogP contribution in [0.1, 0.15) is 51.0 Å². The van der Waals surface area contributed by atoms with Gasteiger partial charge in [0, 0.05) is 18.0 Å². The predicted molar refractivity (Wildman–Crippen MR) is 111 cm³/mol. The van der Waals surface area contributed by atoms with Crippen molar-refractivity contribution in [1.29, 1.82) is 0 Å². The molecule has 0 saturated heterocycles. The van der Waals surface area contributed by atoms with Gasteiger partial charge in [-0.3, -0.25) is 9.78 Å². The predicted octanol–water partition coefficient (Wildman–Crippen LogP) is 4.35. The lowest BCUT2D eigenvalue weighted by Crippen LogP contribution is -2.24. The molecule has 0 spiro atoms. The summed E-state index contributed by atoms with van der Waals surface area (Å²) < 4.78 is 11.2. The molecule has 0 bridgehead atoms. The lowest BCUT2D eigenvalue weighted by molar-refractivity contribution is -0.123. The van der Waals surface area contributed by atoms with Crippen LogP contribution in [0, 0.1) is 0 Å². The maximum absolute atomic E-state index is 11.8. The summed E-state index contributed by atoms with van der Waals surface area (Å²) in [5.74, 6) is 1.09. The van der Waals surface area contributed by atoms with Gasteiger partial charge in [-0.05, 0) is 36.8 Å². The average molecular weight is 383 g/mol. The zero-order valence-electron chi connectivity index (χ0n) is 16.5. The number of nitrogens with one attached hydrogen (secondary N) is 1. The Labute approximate surface area is 167 Å². The Bertz CT molecular complexity index is 703. The highest BCUT2D eigenvalue weighted by Crippen LogP contribution is 2.18. The number of nitrogens with zero attached hydrogens (tertiary/aromatic N) is 2. The fourth-order valence-electron chi connectivity index (χ4n) is 2.52. The number of carbonyl (C=O) groups is 1. The summed E-state index contributed by atoms with van der Waals surface area (Å²) in [6.07, 6.45) is 12.3. The van der Waals surface area contributed by atoms with E-state index in [1.165, 1.54) is 38.3 Å². The lowest BCUT2D eigenvalue weighted by atomic mass is 10.1. The van der Waals surface area contributed by atoms with Crippen molar-refractivity contribution >= 4 is 12.1 Å². The third-order valence-electron chi connectivity index (χ3n) is 4.05. The first-order chi connectivity index (χ1) is 13.8. The molecule has 1 heterocycles. The summed E-state index contributed by atoms with van der Waals surface area (Å²) in [5.41, 5.74) is 3.22. The minimum atomic E-state index is -0.330. The number of benzene rings is 1. The number of pyridine rings is 1. The number of rotatable bonds is 13. The normalized spacial score (nSPS) is 10.8. The molecular formula is C22H29N3O3. The van der Waals surface area contributed by atoms with E-state index in [4.69, 9.17) is 9.47 Å². The topological polar surface area (TPSA) is 72.8 Å². The van der Waals surface area contributed by atoms with Gasteiger partial charge in [0.05, 0.1) is 12.8 Å². The standard InChI is InChI=1S/C22H29N3O3/c1-2-3-4-5-6-7-15-27-20-10-12-21(13-11-20)28-18-22(26)25-24-17-19-9-8-14-23-16-19/h8-14,16-17H,2-7,15,18H2,1H3,(H,25,26)/b24-17-. The maximum atomic E-state index is 11.8. The van der Waals surface area contributed by atoms with Crippen molar-refractivity contribution in [2.75, 3.05) is 13.2 Å². The van der Waals surface area contributed by atoms with E-state index in [2.05, 4.69) is 22.4 Å². The summed E-state index contributed by atoms with van der Waals surface area (Å²) >= 11 is 0. The van der Waals surface area contributed by atoms with E-state index in [1.807, 2.05) is 18.2 Å². The quantitative estimate of drug-likeness (QED) is 0.317. The maximum Gasteiger partial charge on any atom is 0.277 e. The van der Waals surface area contributed by atoms with Crippen molar-refractivity contribution in [1.82, 2.24) is 10.4 Å². The highest BCUT2D eigenvalue weighted by atomic mass is 16.5. The number of ether oxygens (including phenoxy) is 2. The van der Waals surface area contributed by atoms with E-state index < -0.39 is 0 Å². The van der Waals surface area contributed by atoms with Crippen LogP contribution >= 0.6 is 0 Å². The molecule has 0 aliphatic carbocycles. The van der Waals surface area contributed by atoms with Crippen LogP contribution in [-0.2, 0) is 4.79 Å². The molecule has 1 amide bonds. The van der Waals surface area contributed by atoms with E-state index in [0.29, 0.717) is 5.75 Å². The summed E-state index contributed by atoms with van der Waals surface area (Å²) in [6.45, 7) is 2.84. The van der Waals surface area contributed by atoms with Crippen LogP contribution in [0.25, 0.3) is 0 Å². The van der Waals surface area contributed by atoms with Crippen molar-refractivity contribution in [3.63, 3.8) is 0 Å². The van der Waals surface area contributed by atoms with Gasteiger partial charge in [-0.25, -0.2) is 5.43 Å². The Kier molecular flexibility index (Phi) is 10.2. The van der Waals surface area contributed by atoms with Gasteiger partial charge < -0.3 is 9.47 Å². The highest BCUT2D eigenvalue weighted by molar-refractivity contribution is 5.82. The molecule has 0 aliphatic rings. The molecule has 28 heavy (non-hydrogen) atoms. The Hall–Kier alpha value is -2.89. The third kappa shape index (κ3) is 9.16. The Balaban J connectivity index is 1.60. The lowest BCUT2D eigenvalue weighted by Gasteiger charge is -2.08. The van der Waals surface area contributed by atoms with Crippen LogP contribution in [0.2, 0.25) is 0 Å². The molecule has 0 fully saturated rings. The van der Waals surface area contributed by atoms with Crippen LogP contribution in [0.3, 0.4) is 0 Å². The van der Waals surface area contributed by atoms with E-state index in [9.17, 15) is 4.79 Å². The number of hydrogen-bond donors (Lipinski definition) is 1. The zero-order valence-corrected chi connectivity index (χ0v) is 16.5. The monoisotopic (exact) mass is 383 g/mol. The molecule has 6 nitrogen and oxygen atoms in total. The number of amides is 1. The Morgan fingerprint density at radius 1 is 1.04 bits per heavy atom. The fourth-order valence-corrected chi connectivity index (χ4v) is 2.52. The largest absolute Gasteiger partial charge is 0.494 e. The van der Waals surface area contributed by atoms with Crippen LogP contribution < -0.4 is 14.9 Å². The van der Waals surface area contributed by atoms with Crippen molar-refractivity contribution in [2.45, 2.75) is 45.4 Å². The highest BCUT2D eigenvalue weighted by Gasteiger charge is 2.02. The van der Waals surface area contributed by atoms with Crippen molar-refractivity contribution in [3.05, 3.63) is 54.4 Å². The van der Waals surface area contributed by atoms with Crippen molar-refractivity contribution < 1.29 is 14.3 Å². The van der Waals surface area contributed by atoms with Crippen LogP contribution in [0.15, 0.2) is 53.9 Å². The second-order valence-corrected chi connectivity index (χ2v) is 6.46. The minimum absolute atomic E-state index is 0.109. The molecule has 1 aromatic carbocycles. The van der Waals surface area contributed by atoms with E-state index in [-0.39, 0.29) is 12.5 Å². The van der Waals surface area contributed by atoms with Crippen LogP contribution in [0.4, 0.5) is 0 Å². The van der Waals surface area contributed by atoms with E-state index >= 15 is 0 Å². The van der Waals surface area contributed by atoms with Gasteiger partial charge in [-0.2, -0.15) is 5.10 Å². The molecule has 150 valence electrons. The molecule has 0 aliphatic heterocycles. The third-order valence-corrected chi connectivity index (χ3v) is 4.05. The van der Waals surface area contributed by atoms with Gasteiger partial charge in [0.2, 0.25) is 0 Å². The van der Waals surface area contributed by atoms with E-state index in [0.717, 1.165) is 24.3 Å². The molecule has 2 rings (SSSR count). The first-order valence-corrected chi connectivity index (χ1v) is 9.85. The molecule has 0 unspecified atom stereocenters. The number of hydrazone groups is 1. The van der Waals surface area contributed by atoms with Crippen molar-refractivity contribution in [2.24, 2.45) is 5.10 Å². The summed E-state index contributed by atoms with van der Waals surface area (Å²) in [5, 5.41) is 3.87. The molecule has 0 atom stereocenters. The van der Waals surface area contributed by atoms with Gasteiger partial charge in [0.15, 0.2) is 6.61 Å². The van der Waals surface area contributed by atoms with E-state index in [1.54, 1.807) is 30.6 Å². The van der Waals surface area contributed by atoms with Crippen LogP contribution in [-0.4, -0.2) is 30.3 Å². The number of unbranched alkanes of at least 4 members (excludes halogenated alkanes) is 5. The van der Waals surface area contributed by atoms with Gasteiger partial charge in [0.1, 0.15) is 11.5 Å². The number of hydrogen-bond acceptors (Lipinski definition) is 5. The number of carbonyl (C=O) groups excluding carboxylic acids is 1. The Morgan fingerprint density at radius 3 is 2.46 bits per heavy atom. The molecule has 0 radical (unpaired) electrons. The SMILES string of the molecule is CCCCCCCCOc1ccc(OCC(=O)N/N=C\c2cccnc2)cc1. The first-order valence-electron chi connectivity index (χ1n) is 9.85. The number of aromatic nitrogens is 1. The first kappa shape index (κ1) is 21.4. The van der Waals surface area contributed by atoms with Crippen LogP contribution in [0.5, 0.6) is 11.5 Å². The minimum Gasteiger partial charge on any atom is -0.494 e. The average Bonchev–Trinajstić information content (AvgIpc) is 2.73. The summed E-state index contributed by atoms with van der Waals surface area (Å²) in [4.78, 5) is 15.7. The molecule has 6 heteroatoms.